The normalized spacial score (nSPS) is 16.1. The lowest BCUT2D eigenvalue weighted by Crippen LogP contribution is -2.39. The van der Waals surface area contributed by atoms with Gasteiger partial charge in [-0.1, -0.05) is 12.1 Å². The monoisotopic (exact) mass is 306 g/mol. The van der Waals surface area contributed by atoms with Crippen molar-refractivity contribution in [3.63, 3.8) is 0 Å². The second-order valence-corrected chi connectivity index (χ2v) is 5.08. The highest BCUT2D eigenvalue weighted by molar-refractivity contribution is 5.85. The van der Waals surface area contributed by atoms with Crippen LogP contribution in [0.5, 0.6) is 5.75 Å². The van der Waals surface area contributed by atoms with Gasteiger partial charge in [0.15, 0.2) is 0 Å². The molecule has 0 spiro atoms. The van der Waals surface area contributed by atoms with Crippen molar-refractivity contribution in [2.75, 3.05) is 13.6 Å². The average molecular weight is 307 g/mol. The molecule has 2 N–H and O–H groups in total. The van der Waals surface area contributed by atoms with Gasteiger partial charge in [0.05, 0.1) is 0 Å². The first-order valence-electron chi connectivity index (χ1n) is 6.54. The number of likely N-dealkylation sites (N-methyl/N-ethyl adjacent to an activating group) is 1. The van der Waals surface area contributed by atoms with Crippen molar-refractivity contribution in [1.29, 1.82) is 0 Å². The van der Waals surface area contributed by atoms with Crippen molar-refractivity contribution >= 4 is 12.4 Å². The first-order chi connectivity index (χ1) is 9.10. The van der Waals surface area contributed by atoms with E-state index in [0.717, 1.165) is 18.0 Å². The van der Waals surface area contributed by atoms with Crippen LogP contribution in [0.15, 0.2) is 24.3 Å². The van der Waals surface area contributed by atoms with Crippen molar-refractivity contribution in [1.82, 2.24) is 4.90 Å². The summed E-state index contributed by atoms with van der Waals surface area (Å²) >= 11 is 0. The van der Waals surface area contributed by atoms with Gasteiger partial charge in [0, 0.05) is 19.1 Å². The third-order valence-electron chi connectivity index (χ3n) is 3.55. The Bertz CT molecular complexity index is 399. The molecule has 1 aliphatic carbocycles. The van der Waals surface area contributed by atoms with Crippen LogP contribution in [-0.4, -0.2) is 31.1 Å². The van der Waals surface area contributed by atoms with Crippen LogP contribution in [0.4, 0.5) is 8.78 Å². The van der Waals surface area contributed by atoms with Crippen molar-refractivity contribution in [2.24, 2.45) is 11.7 Å². The first kappa shape index (κ1) is 17.1. The van der Waals surface area contributed by atoms with E-state index in [9.17, 15) is 8.78 Å². The van der Waals surface area contributed by atoms with Crippen LogP contribution in [0.2, 0.25) is 0 Å². The smallest absolute Gasteiger partial charge is 0.387 e. The van der Waals surface area contributed by atoms with E-state index in [-0.39, 0.29) is 18.2 Å². The average Bonchev–Trinajstić information content (AvgIpc) is 3.16. The molecule has 1 atom stereocenters. The standard InChI is InChI=1S/C14H20F2N2O.ClH/c1-18(13(8-17)11-4-5-11)9-10-2-6-12(7-3-10)19-14(15)16;/h2-3,6-7,11,13-14H,4-5,8-9,17H2,1H3;1H. The molecule has 1 aromatic carbocycles. The predicted octanol–water partition coefficient (Wildman–Crippen LogP) is 2.88. The first-order valence-corrected chi connectivity index (χ1v) is 6.54. The molecule has 3 nitrogen and oxygen atoms in total. The van der Waals surface area contributed by atoms with Gasteiger partial charge in [0.25, 0.3) is 0 Å². The Balaban J connectivity index is 0.00000200. The summed E-state index contributed by atoms with van der Waals surface area (Å²) in [7, 11) is 2.05. The Labute approximate surface area is 124 Å². The van der Waals surface area contributed by atoms with E-state index in [1.807, 2.05) is 12.1 Å². The number of ether oxygens (including phenoxy) is 1. The molecule has 1 unspecified atom stereocenters. The maximum Gasteiger partial charge on any atom is 0.387 e. The molecule has 0 saturated heterocycles. The molecule has 0 heterocycles. The molecule has 0 radical (unpaired) electrons. The number of benzene rings is 1. The summed E-state index contributed by atoms with van der Waals surface area (Å²) in [6.07, 6.45) is 2.51. The molecule has 2 rings (SSSR count). The van der Waals surface area contributed by atoms with Crippen LogP contribution < -0.4 is 10.5 Å². The summed E-state index contributed by atoms with van der Waals surface area (Å²) < 4.78 is 28.4. The largest absolute Gasteiger partial charge is 0.435 e. The lowest BCUT2D eigenvalue weighted by atomic mass is 10.1. The predicted molar refractivity (Wildman–Crippen MR) is 77.4 cm³/mol. The Morgan fingerprint density at radius 3 is 2.35 bits per heavy atom. The van der Waals surface area contributed by atoms with Crippen molar-refractivity contribution in [2.45, 2.75) is 32.0 Å². The molecule has 0 bridgehead atoms. The zero-order valence-electron chi connectivity index (χ0n) is 11.5. The van der Waals surface area contributed by atoms with Gasteiger partial charge < -0.3 is 10.5 Å². The summed E-state index contributed by atoms with van der Waals surface area (Å²) in [4.78, 5) is 2.24. The molecular weight excluding hydrogens is 286 g/mol. The molecule has 0 aromatic heterocycles. The Hall–Kier alpha value is -0.910. The highest BCUT2D eigenvalue weighted by Gasteiger charge is 2.32. The van der Waals surface area contributed by atoms with Gasteiger partial charge >= 0.3 is 6.61 Å². The lowest BCUT2D eigenvalue weighted by Gasteiger charge is -2.27. The number of nitrogens with zero attached hydrogens (tertiary/aromatic N) is 1. The molecule has 0 amide bonds. The third kappa shape index (κ3) is 4.89. The third-order valence-corrected chi connectivity index (χ3v) is 3.55. The van der Waals surface area contributed by atoms with Crippen LogP contribution in [0, 0.1) is 5.92 Å². The van der Waals surface area contributed by atoms with Gasteiger partial charge in [-0.3, -0.25) is 4.90 Å². The van der Waals surface area contributed by atoms with Crippen LogP contribution in [0.25, 0.3) is 0 Å². The van der Waals surface area contributed by atoms with Crippen molar-refractivity contribution in [3.05, 3.63) is 29.8 Å². The highest BCUT2D eigenvalue weighted by Crippen LogP contribution is 2.35. The quantitative estimate of drug-likeness (QED) is 0.842. The fourth-order valence-corrected chi connectivity index (χ4v) is 2.39. The second-order valence-electron chi connectivity index (χ2n) is 5.08. The molecule has 20 heavy (non-hydrogen) atoms. The Morgan fingerprint density at radius 2 is 1.90 bits per heavy atom. The maximum absolute atomic E-state index is 12.0. The minimum Gasteiger partial charge on any atom is -0.435 e. The maximum atomic E-state index is 12.0. The van der Waals surface area contributed by atoms with E-state index < -0.39 is 6.61 Å². The molecule has 1 aliphatic rings. The number of halogens is 3. The summed E-state index contributed by atoms with van der Waals surface area (Å²) in [5.74, 6) is 0.912. The number of hydrogen-bond acceptors (Lipinski definition) is 3. The molecule has 0 aliphatic heterocycles. The Kier molecular flexibility index (Phi) is 6.65. The van der Waals surface area contributed by atoms with Gasteiger partial charge in [-0.05, 0) is 43.5 Å². The van der Waals surface area contributed by atoms with Gasteiger partial charge in [-0.25, -0.2) is 0 Å². The summed E-state index contributed by atoms with van der Waals surface area (Å²) in [5.41, 5.74) is 6.87. The number of nitrogens with two attached hydrogens (primary N) is 1. The molecule has 1 aromatic rings. The van der Waals surface area contributed by atoms with E-state index in [1.165, 1.54) is 12.8 Å². The van der Waals surface area contributed by atoms with Crippen LogP contribution in [-0.2, 0) is 6.54 Å². The molecule has 6 heteroatoms. The topological polar surface area (TPSA) is 38.5 Å². The number of rotatable bonds is 7. The van der Waals surface area contributed by atoms with Crippen LogP contribution in [0.3, 0.4) is 0 Å². The molecular formula is C14H21ClF2N2O. The van der Waals surface area contributed by atoms with Crippen molar-refractivity contribution < 1.29 is 13.5 Å². The highest BCUT2D eigenvalue weighted by atomic mass is 35.5. The minimum atomic E-state index is -2.77. The van der Waals surface area contributed by atoms with Gasteiger partial charge in [0.1, 0.15) is 5.75 Å². The second kappa shape index (κ2) is 7.76. The van der Waals surface area contributed by atoms with Crippen molar-refractivity contribution in [3.8, 4) is 5.75 Å². The lowest BCUT2D eigenvalue weighted by molar-refractivity contribution is -0.0498. The fraction of sp³-hybridized carbons (Fsp3) is 0.571. The number of alkyl halides is 2. The summed E-state index contributed by atoms with van der Waals surface area (Å²) in [6.45, 7) is -1.34. The number of hydrogen-bond donors (Lipinski definition) is 1. The molecule has 1 saturated carbocycles. The summed E-state index contributed by atoms with van der Waals surface area (Å²) in [5, 5.41) is 0. The fourth-order valence-electron chi connectivity index (χ4n) is 2.39. The van der Waals surface area contributed by atoms with Gasteiger partial charge in [-0.15, -0.1) is 12.4 Å². The van der Waals surface area contributed by atoms with Gasteiger partial charge in [-0.2, -0.15) is 8.78 Å². The van der Waals surface area contributed by atoms with Crippen LogP contribution >= 0.6 is 12.4 Å². The Morgan fingerprint density at radius 1 is 1.30 bits per heavy atom. The molecule has 114 valence electrons. The van der Waals surface area contributed by atoms with E-state index >= 15 is 0 Å². The van der Waals surface area contributed by atoms with E-state index in [1.54, 1.807) is 12.1 Å². The van der Waals surface area contributed by atoms with Gasteiger partial charge in [0.2, 0.25) is 0 Å². The van der Waals surface area contributed by atoms with E-state index in [0.29, 0.717) is 12.6 Å². The van der Waals surface area contributed by atoms with E-state index in [2.05, 4.69) is 16.7 Å². The summed E-state index contributed by atoms with van der Waals surface area (Å²) in [6, 6.07) is 7.19. The molecule has 1 fully saturated rings. The SMILES string of the molecule is CN(Cc1ccc(OC(F)F)cc1)C(CN)C1CC1.Cl. The zero-order valence-corrected chi connectivity index (χ0v) is 12.3. The zero-order chi connectivity index (χ0) is 13.8. The van der Waals surface area contributed by atoms with E-state index in [4.69, 9.17) is 5.73 Å². The van der Waals surface area contributed by atoms with Crippen LogP contribution in [0.1, 0.15) is 18.4 Å². The minimum absolute atomic E-state index is 0.